The molecule has 0 fully saturated rings. The first-order chi connectivity index (χ1) is 7.91. The van der Waals surface area contributed by atoms with Crippen LogP contribution in [0.3, 0.4) is 0 Å². The van der Waals surface area contributed by atoms with E-state index < -0.39 is 5.97 Å². The number of carboxylic acid groups (broad SMARTS) is 1. The van der Waals surface area contributed by atoms with Crippen molar-refractivity contribution in [1.82, 2.24) is 0 Å². The Hall–Kier alpha value is -0.790. The van der Waals surface area contributed by atoms with Crippen LogP contribution in [0.15, 0.2) is 11.6 Å². The molecule has 0 spiro atoms. The van der Waals surface area contributed by atoms with Crippen LogP contribution in [-0.2, 0) is 4.79 Å². The third kappa shape index (κ3) is 11.5. The molecule has 1 unspecified atom stereocenters. The van der Waals surface area contributed by atoms with E-state index >= 15 is 0 Å². The lowest BCUT2D eigenvalue weighted by molar-refractivity contribution is -0.136. The van der Waals surface area contributed by atoms with E-state index in [1.165, 1.54) is 25.7 Å². The van der Waals surface area contributed by atoms with Crippen LogP contribution in [0.2, 0.25) is 0 Å². The minimum atomic E-state index is -0.733. The number of hydrogen-bond acceptors (Lipinski definition) is 1. The van der Waals surface area contributed by atoms with Gasteiger partial charge in [-0.05, 0) is 31.6 Å². The molecule has 0 aromatic rings. The number of hydrogen-bond donors (Lipinski definition) is 1. The summed E-state index contributed by atoms with van der Waals surface area (Å²) in [5.74, 6) is 0.825. The van der Waals surface area contributed by atoms with Gasteiger partial charge in [0, 0.05) is 0 Å². The van der Waals surface area contributed by atoms with Crippen molar-refractivity contribution in [3.63, 3.8) is 0 Å². The van der Waals surface area contributed by atoms with Crippen molar-refractivity contribution in [2.24, 2.45) is 11.8 Å². The van der Waals surface area contributed by atoms with Crippen LogP contribution in [0.1, 0.15) is 66.2 Å². The van der Waals surface area contributed by atoms with Crippen molar-refractivity contribution in [2.45, 2.75) is 66.2 Å². The smallest absolute Gasteiger partial charge is 0.307 e. The van der Waals surface area contributed by atoms with E-state index in [1.807, 2.05) is 6.92 Å². The van der Waals surface area contributed by atoms with Crippen LogP contribution in [0.5, 0.6) is 0 Å². The van der Waals surface area contributed by atoms with Crippen molar-refractivity contribution >= 4 is 5.97 Å². The van der Waals surface area contributed by atoms with Gasteiger partial charge in [-0.3, -0.25) is 4.79 Å². The average molecular weight is 240 g/mol. The van der Waals surface area contributed by atoms with Gasteiger partial charge in [0.2, 0.25) is 0 Å². The van der Waals surface area contributed by atoms with Gasteiger partial charge < -0.3 is 5.11 Å². The van der Waals surface area contributed by atoms with E-state index in [0.717, 1.165) is 23.8 Å². The molecule has 0 saturated heterocycles. The van der Waals surface area contributed by atoms with Crippen molar-refractivity contribution < 1.29 is 9.90 Å². The molecule has 2 nitrogen and oxygen atoms in total. The third-order valence-corrected chi connectivity index (χ3v) is 3.06. The van der Waals surface area contributed by atoms with Gasteiger partial charge in [0.15, 0.2) is 0 Å². The Bertz CT molecular complexity index is 241. The summed E-state index contributed by atoms with van der Waals surface area (Å²) in [4.78, 5) is 10.5. The first-order valence-corrected chi connectivity index (χ1v) is 6.79. The maximum Gasteiger partial charge on any atom is 0.307 e. The SMILES string of the molecule is C/C(=C\CCC(C)CCCC(C)C)CC(=O)O. The van der Waals surface area contributed by atoms with Crippen LogP contribution < -0.4 is 0 Å². The summed E-state index contributed by atoms with van der Waals surface area (Å²) in [5, 5.41) is 8.62. The van der Waals surface area contributed by atoms with Crippen molar-refractivity contribution in [1.29, 1.82) is 0 Å². The summed E-state index contributed by atoms with van der Waals surface area (Å²) in [6.07, 6.45) is 8.38. The topological polar surface area (TPSA) is 37.3 Å². The first-order valence-electron chi connectivity index (χ1n) is 6.79. The quantitative estimate of drug-likeness (QED) is 0.596. The van der Waals surface area contributed by atoms with Crippen LogP contribution in [-0.4, -0.2) is 11.1 Å². The minimum absolute atomic E-state index is 0.182. The number of rotatable bonds is 9. The maximum absolute atomic E-state index is 10.5. The summed E-state index contributed by atoms with van der Waals surface area (Å²) in [5.41, 5.74) is 0.979. The largest absolute Gasteiger partial charge is 0.481 e. The Morgan fingerprint density at radius 2 is 1.82 bits per heavy atom. The number of carbonyl (C=O) groups is 1. The predicted octanol–water partition coefficient (Wildman–Crippen LogP) is 4.65. The summed E-state index contributed by atoms with van der Waals surface area (Å²) < 4.78 is 0. The van der Waals surface area contributed by atoms with E-state index in [-0.39, 0.29) is 6.42 Å². The first kappa shape index (κ1) is 16.2. The molecule has 0 saturated carbocycles. The van der Waals surface area contributed by atoms with E-state index in [4.69, 9.17) is 5.11 Å². The van der Waals surface area contributed by atoms with Gasteiger partial charge >= 0.3 is 5.97 Å². The van der Waals surface area contributed by atoms with Gasteiger partial charge in [0.1, 0.15) is 0 Å². The van der Waals surface area contributed by atoms with Gasteiger partial charge in [0.05, 0.1) is 6.42 Å². The molecule has 100 valence electrons. The highest BCUT2D eigenvalue weighted by atomic mass is 16.4. The highest BCUT2D eigenvalue weighted by Gasteiger charge is 2.03. The second-order valence-corrected chi connectivity index (χ2v) is 5.63. The standard InChI is InChI=1S/C15H28O2/c1-12(2)7-5-8-13(3)9-6-10-14(4)11-15(16)17/h10,12-13H,5-9,11H2,1-4H3,(H,16,17)/b14-10+. The van der Waals surface area contributed by atoms with Gasteiger partial charge in [0.25, 0.3) is 0 Å². The van der Waals surface area contributed by atoms with E-state index in [9.17, 15) is 4.79 Å². The van der Waals surface area contributed by atoms with Gasteiger partial charge in [-0.25, -0.2) is 0 Å². The molecule has 0 heterocycles. The van der Waals surface area contributed by atoms with Crippen molar-refractivity contribution in [2.75, 3.05) is 0 Å². The van der Waals surface area contributed by atoms with Crippen molar-refractivity contribution in [3.8, 4) is 0 Å². The molecule has 0 rings (SSSR count). The van der Waals surface area contributed by atoms with E-state index in [0.29, 0.717) is 0 Å². The molecule has 0 radical (unpaired) electrons. The molecular weight excluding hydrogens is 212 g/mol. The highest BCUT2D eigenvalue weighted by molar-refractivity contribution is 5.69. The summed E-state index contributed by atoms with van der Waals surface area (Å²) in [6, 6.07) is 0. The Morgan fingerprint density at radius 1 is 1.18 bits per heavy atom. The van der Waals surface area contributed by atoms with Gasteiger partial charge in [-0.1, -0.05) is 51.7 Å². The molecule has 1 N–H and O–H groups in total. The second-order valence-electron chi connectivity index (χ2n) is 5.63. The van der Waals surface area contributed by atoms with Crippen LogP contribution in [0, 0.1) is 11.8 Å². The fraction of sp³-hybridized carbons (Fsp3) is 0.800. The van der Waals surface area contributed by atoms with Crippen molar-refractivity contribution in [3.05, 3.63) is 11.6 Å². The highest BCUT2D eigenvalue weighted by Crippen LogP contribution is 2.17. The molecule has 2 heteroatoms. The lowest BCUT2D eigenvalue weighted by Crippen LogP contribution is -1.97. The molecule has 0 bridgehead atoms. The molecule has 1 atom stereocenters. The summed E-state index contributed by atoms with van der Waals surface area (Å²) in [6.45, 7) is 8.73. The Balaban J connectivity index is 3.62. The monoisotopic (exact) mass is 240 g/mol. The summed E-state index contributed by atoms with van der Waals surface area (Å²) >= 11 is 0. The molecule has 0 aromatic carbocycles. The zero-order chi connectivity index (χ0) is 13.3. The number of allylic oxidation sites excluding steroid dienone is 1. The molecule has 0 aromatic heterocycles. The Labute approximate surface area is 106 Å². The zero-order valence-electron chi connectivity index (χ0n) is 11.8. The number of aliphatic carboxylic acids is 1. The minimum Gasteiger partial charge on any atom is -0.481 e. The van der Waals surface area contributed by atoms with Crippen LogP contribution >= 0.6 is 0 Å². The van der Waals surface area contributed by atoms with E-state index in [2.05, 4.69) is 26.8 Å². The summed E-state index contributed by atoms with van der Waals surface area (Å²) in [7, 11) is 0. The molecule has 17 heavy (non-hydrogen) atoms. The second kappa shape index (κ2) is 9.26. The molecule has 0 aliphatic heterocycles. The lowest BCUT2D eigenvalue weighted by Gasteiger charge is -2.11. The normalized spacial score (nSPS) is 14.1. The molecule has 0 aliphatic rings. The molecular formula is C15H28O2. The Kier molecular flexibility index (Phi) is 8.83. The lowest BCUT2D eigenvalue weighted by atomic mass is 9.95. The van der Waals surface area contributed by atoms with Crippen LogP contribution in [0.4, 0.5) is 0 Å². The average Bonchev–Trinajstić information content (AvgIpc) is 2.15. The number of carboxylic acids is 1. The fourth-order valence-corrected chi connectivity index (χ4v) is 1.94. The van der Waals surface area contributed by atoms with Gasteiger partial charge in [-0.2, -0.15) is 0 Å². The Morgan fingerprint density at radius 3 is 2.35 bits per heavy atom. The van der Waals surface area contributed by atoms with Gasteiger partial charge in [-0.15, -0.1) is 0 Å². The molecule has 0 amide bonds. The maximum atomic E-state index is 10.5. The third-order valence-electron chi connectivity index (χ3n) is 3.06. The fourth-order valence-electron chi connectivity index (χ4n) is 1.94. The van der Waals surface area contributed by atoms with E-state index in [1.54, 1.807) is 0 Å². The molecule has 0 aliphatic carbocycles. The predicted molar refractivity (Wildman–Crippen MR) is 73.1 cm³/mol. The zero-order valence-corrected chi connectivity index (χ0v) is 11.8. The van der Waals surface area contributed by atoms with Crippen LogP contribution in [0.25, 0.3) is 0 Å².